The Kier molecular flexibility index (Phi) is 4.20. The van der Waals surface area contributed by atoms with Gasteiger partial charge in [0, 0.05) is 35.9 Å². The molecule has 0 saturated carbocycles. The summed E-state index contributed by atoms with van der Waals surface area (Å²) >= 11 is 1.82. The van der Waals surface area contributed by atoms with Crippen LogP contribution in [0.3, 0.4) is 0 Å². The molecule has 2 unspecified atom stereocenters. The molecule has 0 amide bonds. The zero-order valence-corrected chi connectivity index (χ0v) is 11.7. The van der Waals surface area contributed by atoms with Crippen LogP contribution >= 0.6 is 11.3 Å². The Hall–Kier alpha value is -0.420. The van der Waals surface area contributed by atoms with Gasteiger partial charge in [-0.2, -0.15) is 0 Å². The number of aryl methyl sites for hydroxylation is 1. The van der Waals surface area contributed by atoms with Gasteiger partial charge in [0.05, 0.1) is 12.2 Å². The molecule has 0 aliphatic carbocycles. The summed E-state index contributed by atoms with van der Waals surface area (Å²) in [6.07, 6.45) is 0.679. The molecule has 0 radical (unpaired) electrons. The molecule has 0 spiro atoms. The monoisotopic (exact) mass is 254 g/mol. The lowest BCUT2D eigenvalue weighted by Crippen LogP contribution is -2.44. The third-order valence-corrected chi connectivity index (χ3v) is 4.28. The van der Waals surface area contributed by atoms with Crippen molar-refractivity contribution in [2.45, 2.75) is 46.1 Å². The summed E-state index contributed by atoms with van der Waals surface area (Å²) in [6, 6.07) is 2.25. The van der Waals surface area contributed by atoms with Crippen LogP contribution in [0.2, 0.25) is 0 Å². The molecule has 2 atom stereocenters. The SMILES string of the molecule is Cc1sc(CN)cc1CN1CC(C)OC(C)C1. The van der Waals surface area contributed by atoms with Gasteiger partial charge in [0.1, 0.15) is 0 Å². The predicted octanol–water partition coefficient (Wildman–Crippen LogP) is 2.12. The minimum Gasteiger partial charge on any atom is -0.373 e. The third kappa shape index (κ3) is 3.28. The zero-order valence-electron chi connectivity index (χ0n) is 10.9. The largest absolute Gasteiger partial charge is 0.373 e. The van der Waals surface area contributed by atoms with E-state index in [2.05, 4.69) is 31.7 Å². The van der Waals surface area contributed by atoms with Gasteiger partial charge in [0.15, 0.2) is 0 Å². The summed E-state index contributed by atoms with van der Waals surface area (Å²) in [5.74, 6) is 0. The quantitative estimate of drug-likeness (QED) is 0.898. The highest BCUT2D eigenvalue weighted by atomic mass is 32.1. The van der Waals surface area contributed by atoms with Crippen LogP contribution in [0.25, 0.3) is 0 Å². The topological polar surface area (TPSA) is 38.5 Å². The summed E-state index contributed by atoms with van der Waals surface area (Å²) in [5.41, 5.74) is 7.11. The van der Waals surface area contributed by atoms with Crippen molar-refractivity contribution >= 4 is 11.3 Å². The maximum Gasteiger partial charge on any atom is 0.0678 e. The molecule has 1 aliphatic rings. The molecular formula is C13H22N2OS. The minimum absolute atomic E-state index is 0.340. The van der Waals surface area contributed by atoms with Gasteiger partial charge in [0.2, 0.25) is 0 Å². The lowest BCUT2D eigenvalue weighted by atomic mass is 10.2. The number of thiophene rings is 1. The van der Waals surface area contributed by atoms with E-state index in [4.69, 9.17) is 10.5 Å². The van der Waals surface area contributed by atoms with E-state index < -0.39 is 0 Å². The average Bonchev–Trinajstić information content (AvgIpc) is 2.58. The van der Waals surface area contributed by atoms with Gasteiger partial charge in [-0.1, -0.05) is 0 Å². The van der Waals surface area contributed by atoms with Crippen molar-refractivity contribution in [1.82, 2.24) is 4.90 Å². The molecule has 2 N–H and O–H groups in total. The summed E-state index contributed by atoms with van der Waals surface area (Å²) in [5, 5.41) is 0. The first-order valence-electron chi connectivity index (χ1n) is 6.24. The second-order valence-electron chi connectivity index (χ2n) is 4.95. The standard InChI is InChI=1S/C13H22N2OS/c1-9-6-15(7-10(2)16-9)8-12-4-13(5-14)17-11(12)3/h4,9-10H,5-8,14H2,1-3H3. The lowest BCUT2D eigenvalue weighted by Gasteiger charge is -2.35. The fourth-order valence-corrected chi connectivity index (χ4v) is 3.43. The molecule has 2 heterocycles. The average molecular weight is 254 g/mol. The summed E-state index contributed by atoms with van der Waals surface area (Å²) in [6.45, 7) is 10.2. The number of nitrogens with two attached hydrogens (primary N) is 1. The van der Waals surface area contributed by atoms with Crippen molar-refractivity contribution in [3.63, 3.8) is 0 Å². The minimum atomic E-state index is 0.340. The number of nitrogens with zero attached hydrogens (tertiary/aromatic N) is 1. The van der Waals surface area contributed by atoms with Gasteiger partial charge in [-0.25, -0.2) is 0 Å². The van der Waals surface area contributed by atoms with Gasteiger partial charge >= 0.3 is 0 Å². The van der Waals surface area contributed by atoms with E-state index >= 15 is 0 Å². The maximum atomic E-state index is 5.75. The number of hydrogen-bond donors (Lipinski definition) is 1. The molecule has 2 rings (SSSR count). The van der Waals surface area contributed by atoms with E-state index in [-0.39, 0.29) is 0 Å². The molecule has 0 bridgehead atoms. The van der Waals surface area contributed by atoms with Crippen LogP contribution in [0.4, 0.5) is 0 Å². The van der Waals surface area contributed by atoms with Crippen LogP contribution in [-0.2, 0) is 17.8 Å². The second kappa shape index (κ2) is 5.48. The zero-order chi connectivity index (χ0) is 12.4. The lowest BCUT2D eigenvalue weighted by molar-refractivity contribution is -0.0705. The van der Waals surface area contributed by atoms with Gasteiger partial charge in [-0.3, -0.25) is 4.90 Å². The van der Waals surface area contributed by atoms with Crippen molar-refractivity contribution < 1.29 is 4.74 Å². The molecule has 4 heteroatoms. The Morgan fingerprint density at radius 1 is 1.41 bits per heavy atom. The first kappa shape index (κ1) is 13.0. The molecule has 1 saturated heterocycles. The van der Waals surface area contributed by atoms with Crippen molar-refractivity contribution in [2.24, 2.45) is 5.73 Å². The maximum absolute atomic E-state index is 5.75. The highest BCUT2D eigenvalue weighted by Gasteiger charge is 2.22. The Morgan fingerprint density at radius 2 is 2.06 bits per heavy atom. The Balaban J connectivity index is 2.01. The van der Waals surface area contributed by atoms with Crippen molar-refractivity contribution in [1.29, 1.82) is 0 Å². The van der Waals surface area contributed by atoms with Crippen LogP contribution in [0, 0.1) is 6.92 Å². The Labute approximate surface area is 108 Å². The van der Waals surface area contributed by atoms with Gasteiger partial charge < -0.3 is 10.5 Å². The molecular weight excluding hydrogens is 232 g/mol. The molecule has 1 fully saturated rings. The van der Waals surface area contributed by atoms with E-state index in [1.807, 2.05) is 11.3 Å². The van der Waals surface area contributed by atoms with E-state index in [1.165, 1.54) is 15.3 Å². The first-order valence-corrected chi connectivity index (χ1v) is 7.06. The molecule has 0 aromatic carbocycles. The number of rotatable bonds is 3. The molecule has 3 nitrogen and oxygen atoms in total. The number of hydrogen-bond acceptors (Lipinski definition) is 4. The fourth-order valence-electron chi connectivity index (χ4n) is 2.50. The second-order valence-corrected chi connectivity index (χ2v) is 6.29. The summed E-state index contributed by atoms with van der Waals surface area (Å²) in [4.78, 5) is 5.16. The van der Waals surface area contributed by atoms with Gasteiger partial charge in [-0.15, -0.1) is 11.3 Å². The van der Waals surface area contributed by atoms with Crippen LogP contribution in [0.5, 0.6) is 0 Å². The van der Waals surface area contributed by atoms with Crippen LogP contribution in [0.1, 0.15) is 29.2 Å². The van der Waals surface area contributed by atoms with Crippen molar-refractivity contribution in [2.75, 3.05) is 13.1 Å². The summed E-state index contributed by atoms with van der Waals surface area (Å²) in [7, 11) is 0. The molecule has 17 heavy (non-hydrogen) atoms. The highest BCUT2D eigenvalue weighted by molar-refractivity contribution is 7.12. The van der Waals surface area contributed by atoms with Crippen LogP contribution in [0.15, 0.2) is 6.07 Å². The molecule has 1 aliphatic heterocycles. The Bertz CT molecular complexity index is 367. The summed E-state index contributed by atoms with van der Waals surface area (Å²) < 4.78 is 5.75. The smallest absolute Gasteiger partial charge is 0.0678 e. The van der Waals surface area contributed by atoms with E-state index in [1.54, 1.807) is 0 Å². The first-order chi connectivity index (χ1) is 8.08. The van der Waals surface area contributed by atoms with Gasteiger partial charge in [0.25, 0.3) is 0 Å². The Morgan fingerprint density at radius 3 is 2.59 bits per heavy atom. The number of ether oxygens (including phenoxy) is 1. The van der Waals surface area contributed by atoms with Gasteiger partial charge in [-0.05, 0) is 32.4 Å². The van der Waals surface area contributed by atoms with E-state index in [0.29, 0.717) is 18.8 Å². The number of morpholine rings is 1. The van der Waals surface area contributed by atoms with E-state index in [0.717, 1.165) is 19.6 Å². The highest BCUT2D eigenvalue weighted by Crippen LogP contribution is 2.23. The molecule has 96 valence electrons. The normalized spacial score (nSPS) is 26.4. The van der Waals surface area contributed by atoms with Crippen LogP contribution in [-0.4, -0.2) is 30.2 Å². The molecule has 1 aromatic heterocycles. The van der Waals surface area contributed by atoms with Crippen molar-refractivity contribution in [3.05, 3.63) is 21.4 Å². The predicted molar refractivity (Wildman–Crippen MR) is 72.2 cm³/mol. The van der Waals surface area contributed by atoms with E-state index in [9.17, 15) is 0 Å². The molecule has 1 aromatic rings. The van der Waals surface area contributed by atoms with Crippen LogP contribution < -0.4 is 5.73 Å². The van der Waals surface area contributed by atoms with Crippen molar-refractivity contribution in [3.8, 4) is 0 Å². The fraction of sp³-hybridized carbons (Fsp3) is 0.692. The third-order valence-electron chi connectivity index (χ3n) is 3.16.